The zero-order valence-electron chi connectivity index (χ0n) is 12.9. The molecule has 0 spiro atoms. The lowest BCUT2D eigenvalue weighted by Gasteiger charge is -2.06. The molecule has 1 aromatic carbocycles. The molecule has 0 saturated heterocycles. The summed E-state index contributed by atoms with van der Waals surface area (Å²) in [6.07, 6.45) is 6.99. The van der Waals surface area contributed by atoms with Gasteiger partial charge in [-0.2, -0.15) is 5.26 Å². The van der Waals surface area contributed by atoms with Crippen LogP contribution in [0.25, 0.3) is 0 Å². The monoisotopic (exact) mass is 281 g/mol. The van der Waals surface area contributed by atoms with Gasteiger partial charge in [0.15, 0.2) is 0 Å². The quantitative estimate of drug-likeness (QED) is 0.771. The summed E-state index contributed by atoms with van der Waals surface area (Å²) in [7, 11) is 1.90. The first-order valence-corrected chi connectivity index (χ1v) is 7.61. The number of aryl methyl sites for hydroxylation is 2. The molecule has 0 bridgehead atoms. The van der Waals surface area contributed by atoms with Crippen molar-refractivity contribution in [1.82, 2.24) is 4.57 Å². The van der Waals surface area contributed by atoms with Crippen molar-refractivity contribution in [2.75, 3.05) is 5.32 Å². The van der Waals surface area contributed by atoms with Gasteiger partial charge in [-0.15, -0.1) is 0 Å². The van der Waals surface area contributed by atoms with Gasteiger partial charge in [0.25, 0.3) is 0 Å². The van der Waals surface area contributed by atoms with Crippen LogP contribution in [0.5, 0.6) is 0 Å². The molecule has 0 fully saturated rings. The number of nitrogens with zero attached hydrogens (tertiary/aromatic N) is 2. The second-order valence-corrected chi connectivity index (χ2v) is 5.46. The smallest absolute Gasteiger partial charge is 0.120 e. The minimum atomic E-state index is 0.693. The van der Waals surface area contributed by atoms with Crippen LogP contribution in [0.15, 0.2) is 36.5 Å². The number of unbranched alkanes of at least 4 members (excludes halogenated alkanes) is 2. The molecule has 0 saturated carbocycles. The fraction of sp³-hybridized carbons (Fsp3) is 0.389. The molecule has 1 aromatic heterocycles. The van der Waals surface area contributed by atoms with Gasteiger partial charge in [0, 0.05) is 25.5 Å². The molecule has 3 nitrogen and oxygen atoms in total. The molecule has 1 heterocycles. The zero-order chi connectivity index (χ0) is 15.1. The molecule has 0 radical (unpaired) electrons. The first-order valence-electron chi connectivity index (χ1n) is 7.61. The highest BCUT2D eigenvalue weighted by atomic mass is 14.9. The third kappa shape index (κ3) is 4.39. The first-order chi connectivity index (χ1) is 10.2. The van der Waals surface area contributed by atoms with E-state index in [0.29, 0.717) is 5.69 Å². The molecule has 0 atom stereocenters. The molecule has 21 heavy (non-hydrogen) atoms. The van der Waals surface area contributed by atoms with E-state index in [2.05, 4.69) is 42.6 Å². The zero-order valence-corrected chi connectivity index (χ0v) is 12.9. The number of hydrogen-bond acceptors (Lipinski definition) is 2. The van der Waals surface area contributed by atoms with E-state index in [4.69, 9.17) is 5.26 Å². The van der Waals surface area contributed by atoms with Gasteiger partial charge in [0.1, 0.15) is 11.8 Å². The number of aromatic nitrogens is 1. The van der Waals surface area contributed by atoms with Crippen molar-refractivity contribution in [3.8, 4) is 6.07 Å². The molecular formula is C18H23N3. The molecule has 110 valence electrons. The van der Waals surface area contributed by atoms with Crippen LogP contribution < -0.4 is 5.32 Å². The summed E-state index contributed by atoms with van der Waals surface area (Å²) in [5.74, 6) is 0. The van der Waals surface area contributed by atoms with E-state index in [-0.39, 0.29) is 0 Å². The largest absolute Gasteiger partial charge is 0.381 e. The number of rotatable bonds is 7. The first kappa shape index (κ1) is 15.2. The van der Waals surface area contributed by atoms with Crippen molar-refractivity contribution in [1.29, 1.82) is 5.26 Å². The van der Waals surface area contributed by atoms with Gasteiger partial charge in [0.05, 0.1) is 0 Å². The summed E-state index contributed by atoms with van der Waals surface area (Å²) in [5, 5.41) is 12.3. The van der Waals surface area contributed by atoms with E-state index in [1.807, 2.05) is 23.9 Å². The van der Waals surface area contributed by atoms with E-state index < -0.39 is 0 Å². The fourth-order valence-electron chi connectivity index (χ4n) is 2.41. The number of anilines is 1. The Labute approximate surface area is 127 Å². The van der Waals surface area contributed by atoms with Gasteiger partial charge in [-0.25, -0.2) is 0 Å². The molecule has 1 N–H and O–H groups in total. The summed E-state index contributed by atoms with van der Waals surface area (Å²) < 4.78 is 1.86. The van der Waals surface area contributed by atoms with Crippen LogP contribution in [0.1, 0.15) is 43.0 Å². The summed E-state index contributed by atoms with van der Waals surface area (Å²) in [5.41, 5.74) is 4.34. The second kappa shape index (κ2) is 7.54. The fourth-order valence-corrected chi connectivity index (χ4v) is 2.41. The third-order valence-corrected chi connectivity index (χ3v) is 3.70. The molecular weight excluding hydrogens is 258 g/mol. The van der Waals surface area contributed by atoms with Crippen LogP contribution in [-0.4, -0.2) is 4.57 Å². The molecule has 0 aliphatic carbocycles. The number of hydrogen-bond donors (Lipinski definition) is 1. The lowest BCUT2D eigenvalue weighted by molar-refractivity contribution is 0.717. The summed E-state index contributed by atoms with van der Waals surface area (Å²) in [6, 6.07) is 12.8. The molecule has 0 aliphatic heterocycles. The maximum absolute atomic E-state index is 8.94. The van der Waals surface area contributed by atoms with E-state index >= 15 is 0 Å². The summed E-state index contributed by atoms with van der Waals surface area (Å²) >= 11 is 0. The minimum Gasteiger partial charge on any atom is -0.381 e. The Morgan fingerprint density at radius 3 is 2.52 bits per heavy atom. The molecule has 0 aliphatic rings. The van der Waals surface area contributed by atoms with Gasteiger partial charge in [-0.05, 0) is 42.2 Å². The molecule has 2 aromatic rings. The predicted molar refractivity (Wildman–Crippen MR) is 87.1 cm³/mol. The maximum Gasteiger partial charge on any atom is 0.120 e. The number of benzene rings is 1. The van der Waals surface area contributed by atoms with Crippen molar-refractivity contribution in [3.63, 3.8) is 0 Å². The number of nitriles is 1. The summed E-state index contributed by atoms with van der Waals surface area (Å²) in [6.45, 7) is 2.97. The van der Waals surface area contributed by atoms with E-state index in [9.17, 15) is 0 Å². The number of nitrogens with one attached hydrogen (secondary N) is 1. The van der Waals surface area contributed by atoms with Crippen molar-refractivity contribution < 1.29 is 0 Å². The van der Waals surface area contributed by atoms with E-state index in [0.717, 1.165) is 17.8 Å². The second-order valence-electron chi connectivity index (χ2n) is 5.46. The van der Waals surface area contributed by atoms with Crippen LogP contribution in [0.2, 0.25) is 0 Å². The molecule has 0 unspecified atom stereocenters. The van der Waals surface area contributed by atoms with E-state index in [1.165, 1.54) is 31.2 Å². The van der Waals surface area contributed by atoms with Crippen molar-refractivity contribution in [3.05, 3.63) is 53.3 Å². The Morgan fingerprint density at radius 2 is 1.90 bits per heavy atom. The van der Waals surface area contributed by atoms with Crippen LogP contribution >= 0.6 is 0 Å². The highest BCUT2D eigenvalue weighted by Gasteiger charge is 2.02. The van der Waals surface area contributed by atoms with Gasteiger partial charge < -0.3 is 9.88 Å². The average Bonchev–Trinajstić information content (AvgIpc) is 2.87. The van der Waals surface area contributed by atoms with Crippen molar-refractivity contribution >= 4 is 5.69 Å². The predicted octanol–water partition coefficient (Wildman–Crippen LogP) is 4.24. The average molecular weight is 281 g/mol. The Balaban J connectivity index is 1.87. The highest BCUT2D eigenvalue weighted by Crippen LogP contribution is 2.14. The topological polar surface area (TPSA) is 40.8 Å². The Kier molecular flexibility index (Phi) is 5.45. The highest BCUT2D eigenvalue weighted by molar-refractivity contribution is 5.45. The molecule has 3 heteroatoms. The lowest BCUT2D eigenvalue weighted by Crippen LogP contribution is -1.98. The van der Waals surface area contributed by atoms with Crippen LogP contribution in [-0.2, 0) is 20.0 Å². The summed E-state index contributed by atoms with van der Waals surface area (Å²) in [4.78, 5) is 0. The van der Waals surface area contributed by atoms with Gasteiger partial charge in [0.2, 0.25) is 0 Å². The lowest BCUT2D eigenvalue weighted by atomic mass is 10.1. The van der Waals surface area contributed by atoms with Crippen molar-refractivity contribution in [2.24, 2.45) is 7.05 Å². The Morgan fingerprint density at radius 1 is 1.14 bits per heavy atom. The SMILES string of the molecule is CCCCCc1ccc(NCc2cc(C#N)n(C)c2)cc1. The Bertz CT molecular complexity index is 602. The van der Waals surface area contributed by atoms with E-state index in [1.54, 1.807) is 0 Å². The molecule has 0 amide bonds. The van der Waals surface area contributed by atoms with Gasteiger partial charge in [-0.1, -0.05) is 31.9 Å². The third-order valence-electron chi connectivity index (χ3n) is 3.70. The normalized spacial score (nSPS) is 10.3. The van der Waals surface area contributed by atoms with Gasteiger partial charge in [-0.3, -0.25) is 0 Å². The van der Waals surface area contributed by atoms with Crippen LogP contribution in [0, 0.1) is 11.3 Å². The van der Waals surface area contributed by atoms with Gasteiger partial charge >= 0.3 is 0 Å². The molecule has 2 rings (SSSR count). The standard InChI is InChI=1S/C18H23N3/c1-3-4-5-6-15-7-9-17(10-8-15)20-13-16-11-18(12-19)21(2)14-16/h7-11,14,20H,3-6,13H2,1-2H3. The van der Waals surface area contributed by atoms with Crippen LogP contribution in [0.4, 0.5) is 5.69 Å². The van der Waals surface area contributed by atoms with Crippen molar-refractivity contribution in [2.45, 2.75) is 39.2 Å². The Hall–Kier alpha value is -2.21. The van der Waals surface area contributed by atoms with Crippen LogP contribution in [0.3, 0.4) is 0 Å². The minimum absolute atomic E-state index is 0.693. The maximum atomic E-state index is 8.94.